The van der Waals surface area contributed by atoms with E-state index in [1.54, 1.807) is 0 Å². The van der Waals surface area contributed by atoms with Gasteiger partial charge in [-0.15, -0.1) is 0 Å². The molecule has 0 N–H and O–H groups in total. The van der Waals surface area contributed by atoms with Crippen LogP contribution in [0, 0.1) is 0 Å². The number of fused-ring (bicyclic) bond motifs is 16. The van der Waals surface area contributed by atoms with Gasteiger partial charge in [0.1, 0.15) is 11.5 Å². The zero-order valence-corrected chi connectivity index (χ0v) is 32.3. The molecular formula is C56H33N3O. The fourth-order valence-electron chi connectivity index (χ4n) is 10.2. The van der Waals surface area contributed by atoms with Crippen molar-refractivity contribution in [2.45, 2.75) is 5.41 Å². The average molecular weight is 764 g/mol. The van der Waals surface area contributed by atoms with Crippen LogP contribution in [0.1, 0.15) is 22.3 Å². The Balaban J connectivity index is 1.08. The molecule has 2 heterocycles. The van der Waals surface area contributed by atoms with Gasteiger partial charge < -0.3 is 4.74 Å². The molecular weight excluding hydrogens is 731 g/mol. The maximum absolute atomic E-state index is 6.99. The predicted octanol–water partition coefficient (Wildman–Crippen LogP) is 14.0. The number of rotatable bonds is 3. The normalized spacial score (nSPS) is 14.9. The second kappa shape index (κ2) is 12.5. The monoisotopic (exact) mass is 763 g/mol. The molecule has 1 atom stereocenters. The molecule has 1 aliphatic carbocycles. The van der Waals surface area contributed by atoms with E-state index in [2.05, 4.69) is 170 Å². The van der Waals surface area contributed by atoms with Gasteiger partial charge in [0.2, 0.25) is 0 Å². The SMILES string of the molecule is c1ccc(-c2nc(-c3ccc4c(c3)Oc3ccccc3C43c4ccccc4-c4cc5c6ccccc6c6ccccc6c5cc43)nc(-c3cccc4ccccc34)n2)cc1. The molecule has 0 fully saturated rings. The van der Waals surface area contributed by atoms with Gasteiger partial charge in [0, 0.05) is 27.8 Å². The van der Waals surface area contributed by atoms with Crippen LogP contribution in [0.2, 0.25) is 0 Å². The Morgan fingerprint density at radius 3 is 1.63 bits per heavy atom. The lowest BCUT2D eigenvalue weighted by Gasteiger charge is -2.39. The molecule has 4 nitrogen and oxygen atoms in total. The number of ether oxygens (including phenoxy) is 1. The number of hydrogen-bond acceptors (Lipinski definition) is 4. The van der Waals surface area contributed by atoms with E-state index < -0.39 is 5.41 Å². The molecule has 278 valence electrons. The van der Waals surface area contributed by atoms with Gasteiger partial charge in [-0.3, -0.25) is 0 Å². The van der Waals surface area contributed by atoms with Gasteiger partial charge in [0.05, 0.1) is 5.41 Å². The lowest BCUT2D eigenvalue weighted by atomic mass is 9.65. The number of benzene rings is 10. The minimum atomic E-state index is -0.641. The van der Waals surface area contributed by atoms with Crippen LogP contribution in [0.5, 0.6) is 11.5 Å². The Morgan fingerprint density at radius 2 is 0.850 bits per heavy atom. The Bertz CT molecular complexity index is 3590. The minimum Gasteiger partial charge on any atom is -0.457 e. The van der Waals surface area contributed by atoms with Crippen LogP contribution in [-0.2, 0) is 5.41 Å². The summed E-state index contributed by atoms with van der Waals surface area (Å²) in [6.45, 7) is 0. The van der Waals surface area contributed by atoms with E-state index in [0.29, 0.717) is 17.5 Å². The fourth-order valence-corrected chi connectivity index (χ4v) is 10.2. The van der Waals surface area contributed by atoms with E-state index in [4.69, 9.17) is 19.7 Å². The van der Waals surface area contributed by atoms with E-state index in [-0.39, 0.29) is 0 Å². The lowest BCUT2D eigenvalue weighted by Crippen LogP contribution is -2.32. The molecule has 0 saturated carbocycles. The maximum atomic E-state index is 6.99. The Morgan fingerprint density at radius 1 is 0.300 bits per heavy atom. The largest absolute Gasteiger partial charge is 0.457 e. The van der Waals surface area contributed by atoms with Crippen LogP contribution in [0.25, 0.3) is 88.4 Å². The molecule has 1 unspecified atom stereocenters. The summed E-state index contributed by atoms with van der Waals surface area (Å²) >= 11 is 0. The highest BCUT2D eigenvalue weighted by molar-refractivity contribution is 6.26. The lowest BCUT2D eigenvalue weighted by molar-refractivity contribution is 0.436. The van der Waals surface area contributed by atoms with E-state index in [1.807, 2.05) is 30.3 Å². The molecule has 60 heavy (non-hydrogen) atoms. The summed E-state index contributed by atoms with van der Waals surface area (Å²) in [7, 11) is 0. The zero-order chi connectivity index (χ0) is 39.4. The van der Waals surface area contributed by atoms with E-state index in [1.165, 1.54) is 54.6 Å². The number of para-hydroxylation sites is 1. The molecule has 1 aromatic heterocycles. The van der Waals surface area contributed by atoms with Crippen molar-refractivity contribution in [2.75, 3.05) is 0 Å². The van der Waals surface area contributed by atoms with Gasteiger partial charge in [-0.2, -0.15) is 0 Å². The summed E-state index contributed by atoms with van der Waals surface area (Å²) in [6.07, 6.45) is 0. The van der Waals surface area contributed by atoms with Crippen molar-refractivity contribution in [1.82, 2.24) is 15.0 Å². The Labute approximate surface area is 346 Å². The summed E-state index contributed by atoms with van der Waals surface area (Å²) in [5.74, 6) is 3.45. The van der Waals surface area contributed by atoms with Crippen LogP contribution in [0.4, 0.5) is 0 Å². The number of nitrogens with zero attached hydrogens (tertiary/aromatic N) is 3. The average Bonchev–Trinajstić information content (AvgIpc) is 3.60. The molecule has 11 aromatic rings. The topological polar surface area (TPSA) is 47.9 Å². The smallest absolute Gasteiger partial charge is 0.164 e. The first-order chi connectivity index (χ1) is 29.7. The molecule has 1 spiro atoms. The van der Waals surface area contributed by atoms with Crippen molar-refractivity contribution in [3.8, 4) is 56.8 Å². The summed E-state index contributed by atoms with van der Waals surface area (Å²) in [5, 5.41) is 9.78. The first kappa shape index (κ1) is 33.1. The summed E-state index contributed by atoms with van der Waals surface area (Å²) in [6, 6.07) is 71.4. The third kappa shape index (κ3) is 4.59. The molecule has 0 radical (unpaired) electrons. The van der Waals surface area contributed by atoms with Gasteiger partial charge >= 0.3 is 0 Å². The number of aromatic nitrogens is 3. The van der Waals surface area contributed by atoms with Gasteiger partial charge in [0.25, 0.3) is 0 Å². The third-order valence-electron chi connectivity index (χ3n) is 12.8. The van der Waals surface area contributed by atoms with Crippen LogP contribution in [0.3, 0.4) is 0 Å². The summed E-state index contributed by atoms with van der Waals surface area (Å²) in [4.78, 5) is 15.4. The second-order valence-corrected chi connectivity index (χ2v) is 15.8. The quantitative estimate of drug-likeness (QED) is 0.168. The van der Waals surface area contributed by atoms with Gasteiger partial charge in [-0.25, -0.2) is 15.0 Å². The van der Waals surface area contributed by atoms with Crippen molar-refractivity contribution in [1.29, 1.82) is 0 Å². The van der Waals surface area contributed by atoms with Crippen LogP contribution in [-0.4, -0.2) is 15.0 Å². The van der Waals surface area contributed by atoms with Crippen LogP contribution < -0.4 is 4.74 Å². The molecule has 0 saturated heterocycles. The second-order valence-electron chi connectivity index (χ2n) is 15.8. The molecule has 4 heteroatoms. The predicted molar refractivity (Wildman–Crippen MR) is 244 cm³/mol. The zero-order valence-electron chi connectivity index (χ0n) is 32.3. The summed E-state index contributed by atoms with van der Waals surface area (Å²) < 4.78 is 6.99. The highest BCUT2D eigenvalue weighted by atomic mass is 16.5. The fraction of sp³-hybridized carbons (Fsp3) is 0.0179. The highest BCUT2D eigenvalue weighted by Crippen LogP contribution is 2.63. The van der Waals surface area contributed by atoms with Gasteiger partial charge in [-0.05, 0) is 89.6 Å². The molecule has 0 amide bonds. The molecule has 13 rings (SSSR count). The van der Waals surface area contributed by atoms with Crippen LogP contribution in [0.15, 0.2) is 200 Å². The van der Waals surface area contributed by atoms with Crippen molar-refractivity contribution >= 4 is 43.1 Å². The molecule has 2 aliphatic rings. The van der Waals surface area contributed by atoms with Crippen molar-refractivity contribution in [3.63, 3.8) is 0 Å². The minimum absolute atomic E-state index is 0.586. The standard InChI is InChI=1S/C56H33N3O/c1-2-16-35(17-3-1)53-57-54(59-55(58-53)43-25-14-18-34-15-4-5-19-37(34)43)36-29-30-49-52(31-36)60-51-28-13-12-27-48(51)56(49)47-26-11-10-24-42(47)46-32-44-40-22-8-6-20-38(40)39-21-7-9-23-41(39)45(44)33-50(46)56/h1-33H. The van der Waals surface area contributed by atoms with E-state index in [0.717, 1.165) is 50.1 Å². The first-order valence-electron chi connectivity index (χ1n) is 20.4. The summed E-state index contributed by atoms with van der Waals surface area (Å²) in [5.41, 5.74) is 9.31. The molecule has 1 aliphatic heterocycles. The van der Waals surface area contributed by atoms with Gasteiger partial charge in [-0.1, -0.05) is 176 Å². The van der Waals surface area contributed by atoms with Crippen molar-refractivity contribution in [3.05, 3.63) is 222 Å². The molecule has 0 bridgehead atoms. The maximum Gasteiger partial charge on any atom is 0.164 e. The number of hydrogen-bond donors (Lipinski definition) is 0. The molecule has 10 aromatic carbocycles. The first-order valence-corrected chi connectivity index (χ1v) is 20.4. The third-order valence-corrected chi connectivity index (χ3v) is 12.8. The van der Waals surface area contributed by atoms with Gasteiger partial charge in [0.15, 0.2) is 17.5 Å². The van der Waals surface area contributed by atoms with Crippen LogP contribution >= 0.6 is 0 Å². The Kier molecular flexibility index (Phi) is 6.90. The van der Waals surface area contributed by atoms with Crippen molar-refractivity contribution in [2.24, 2.45) is 0 Å². The highest BCUT2D eigenvalue weighted by Gasteiger charge is 2.51. The van der Waals surface area contributed by atoms with E-state index >= 15 is 0 Å². The van der Waals surface area contributed by atoms with E-state index in [9.17, 15) is 0 Å². The Hall–Kier alpha value is -7.95. The van der Waals surface area contributed by atoms with Crippen molar-refractivity contribution < 1.29 is 4.74 Å².